The first-order valence-electron chi connectivity index (χ1n) is 5.58. The van der Waals surface area contributed by atoms with Gasteiger partial charge in [0.05, 0.1) is 12.6 Å². The van der Waals surface area contributed by atoms with Crippen molar-refractivity contribution in [3.05, 3.63) is 0 Å². The van der Waals surface area contributed by atoms with Gasteiger partial charge in [-0.2, -0.15) is 5.26 Å². The minimum Gasteiger partial charge on any atom is -0.381 e. The normalized spacial score (nSPS) is 18.8. The van der Waals surface area contributed by atoms with Crippen molar-refractivity contribution in [2.75, 3.05) is 32.8 Å². The van der Waals surface area contributed by atoms with Crippen LogP contribution in [0.4, 0.5) is 0 Å². The van der Waals surface area contributed by atoms with E-state index in [1.807, 2.05) is 6.07 Å². The van der Waals surface area contributed by atoms with Gasteiger partial charge < -0.3 is 15.4 Å². The topological polar surface area (TPSA) is 74.2 Å². The van der Waals surface area contributed by atoms with Gasteiger partial charge in [0.25, 0.3) is 0 Å². The molecule has 5 heteroatoms. The number of rotatable bonds is 5. The molecule has 0 radical (unpaired) electrons. The van der Waals surface area contributed by atoms with Crippen LogP contribution in [0, 0.1) is 16.7 Å². The first-order chi connectivity index (χ1) is 7.66. The molecule has 0 unspecified atom stereocenters. The maximum absolute atomic E-state index is 11.2. The Morgan fingerprint density at radius 2 is 2.19 bits per heavy atom. The number of hydrogen-bond acceptors (Lipinski definition) is 4. The van der Waals surface area contributed by atoms with Crippen LogP contribution in [0.25, 0.3) is 0 Å². The molecule has 1 saturated heterocycles. The van der Waals surface area contributed by atoms with Crippen LogP contribution in [0.3, 0.4) is 0 Å². The average Bonchev–Trinajstić information content (AvgIpc) is 2.27. The Labute approximate surface area is 96.2 Å². The first-order valence-corrected chi connectivity index (χ1v) is 5.58. The molecule has 0 aromatic rings. The quantitative estimate of drug-likeness (QED) is 0.647. The Morgan fingerprint density at radius 1 is 1.50 bits per heavy atom. The van der Waals surface area contributed by atoms with Crippen molar-refractivity contribution >= 4 is 5.91 Å². The molecule has 16 heavy (non-hydrogen) atoms. The summed E-state index contributed by atoms with van der Waals surface area (Å²) in [5.74, 6) is -0.128. The Bertz CT molecular complexity index is 267. The Balaban J connectivity index is 2.14. The molecule has 0 spiro atoms. The van der Waals surface area contributed by atoms with Crippen molar-refractivity contribution < 1.29 is 9.53 Å². The second-order valence-electron chi connectivity index (χ2n) is 4.46. The van der Waals surface area contributed by atoms with Gasteiger partial charge in [-0.25, -0.2) is 0 Å². The Hall–Kier alpha value is -1.12. The monoisotopic (exact) mass is 225 g/mol. The van der Waals surface area contributed by atoms with Gasteiger partial charge in [0.1, 0.15) is 6.54 Å². The summed E-state index contributed by atoms with van der Waals surface area (Å²) < 4.78 is 5.30. The lowest BCUT2D eigenvalue weighted by Gasteiger charge is -2.33. The highest BCUT2D eigenvalue weighted by Gasteiger charge is 2.26. The largest absolute Gasteiger partial charge is 0.381 e. The highest BCUT2D eigenvalue weighted by Crippen LogP contribution is 2.28. The molecule has 1 amide bonds. The van der Waals surface area contributed by atoms with Gasteiger partial charge in [0, 0.05) is 19.8 Å². The van der Waals surface area contributed by atoms with Gasteiger partial charge in [0.2, 0.25) is 5.91 Å². The van der Waals surface area contributed by atoms with Crippen molar-refractivity contribution in [3.63, 3.8) is 0 Å². The van der Waals surface area contributed by atoms with Crippen molar-refractivity contribution in [2.45, 2.75) is 19.8 Å². The molecule has 0 atom stereocenters. The van der Waals surface area contributed by atoms with Crippen LogP contribution in [-0.2, 0) is 9.53 Å². The summed E-state index contributed by atoms with van der Waals surface area (Å²) in [6.07, 6.45) is 2.06. The minimum atomic E-state index is -0.128. The minimum absolute atomic E-state index is 0.0750. The van der Waals surface area contributed by atoms with Crippen LogP contribution in [0.1, 0.15) is 19.8 Å². The van der Waals surface area contributed by atoms with Gasteiger partial charge in [-0.15, -0.1) is 0 Å². The van der Waals surface area contributed by atoms with Crippen molar-refractivity contribution in [3.8, 4) is 6.07 Å². The fourth-order valence-corrected chi connectivity index (χ4v) is 1.72. The van der Waals surface area contributed by atoms with E-state index in [2.05, 4.69) is 17.6 Å². The third-order valence-electron chi connectivity index (χ3n) is 2.90. The molecular formula is C11H19N3O2. The molecule has 0 aliphatic carbocycles. The Kier molecular flexibility index (Phi) is 5.23. The number of amides is 1. The third kappa shape index (κ3) is 4.60. The van der Waals surface area contributed by atoms with E-state index >= 15 is 0 Å². The van der Waals surface area contributed by atoms with Crippen LogP contribution < -0.4 is 10.6 Å². The van der Waals surface area contributed by atoms with Crippen LogP contribution in [0.2, 0.25) is 0 Å². The van der Waals surface area contributed by atoms with Gasteiger partial charge in [-0.3, -0.25) is 4.79 Å². The van der Waals surface area contributed by atoms with E-state index in [9.17, 15) is 4.79 Å². The molecule has 1 aliphatic heterocycles. The summed E-state index contributed by atoms with van der Waals surface area (Å²) >= 11 is 0. The maximum Gasteiger partial charge on any atom is 0.234 e. The number of nitrogens with one attached hydrogen (secondary N) is 2. The Morgan fingerprint density at radius 3 is 2.81 bits per heavy atom. The summed E-state index contributed by atoms with van der Waals surface area (Å²) in [7, 11) is 0. The fourth-order valence-electron chi connectivity index (χ4n) is 1.72. The molecule has 0 bridgehead atoms. The molecule has 0 saturated carbocycles. The van der Waals surface area contributed by atoms with Crippen molar-refractivity contribution in [2.24, 2.45) is 5.41 Å². The predicted octanol–water partition coefficient (Wildman–Crippen LogP) is 0.0325. The zero-order valence-electron chi connectivity index (χ0n) is 9.71. The van der Waals surface area contributed by atoms with E-state index in [4.69, 9.17) is 10.00 Å². The summed E-state index contributed by atoms with van der Waals surface area (Å²) in [5.41, 5.74) is 0.230. The summed E-state index contributed by atoms with van der Waals surface area (Å²) in [4.78, 5) is 11.2. The van der Waals surface area contributed by atoms with Crippen LogP contribution in [-0.4, -0.2) is 38.8 Å². The second-order valence-corrected chi connectivity index (χ2v) is 4.46. The standard InChI is InChI=1S/C11H19N3O2/c1-11(2-6-16-7-3-11)9-13-8-10(15)14-5-4-12/h13H,2-3,5-9H2,1H3,(H,14,15). The summed E-state index contributed by atoms with van der Waals surface area (Å²) in [6.45, 7) is 4.98. The SMILES string of the molecule is CC1(CNCC(=O)NCC#N)CCOCC1. The average molecular weight is 225 g/mol. The molecule has 5 nitrogen and oxygen atoms in total. The summed E-state index contributed by atoms with van der Waals surface area (Å²) in [6, 6.07) is 1.87. The van der Waals surface area contributed by atoms with E-state index in [-0.39, 0.29) is 24.4 Å². The van der Waals surface area contributed by atoms with Gasteiger partial charge in [0.15, 0.2) is 0 Å². The second kappa shape index (κ2) is 6.46. The van der Waals surface area contributed by atoms with Crippen LogP contribution >= 0.6 is 0 Å². The van der Waals surface area contributed by atoms with E-state index in [1.54, 1.807) is 0 Å². The van der Waals surface area contributed by atoms with E-state index in [0.29, 0.717) is 0 Å². The fraction of sp³-hybridized carbons (Fsp3) is 0.818. The molecule has 90 valence electrons. The number of nitriles is 1. The first kappa shape index (κ1) is 12.9. The van der Waals surface area contributed by atoms with Crippen molar-refractivity contribution in [1.82, 2.24) is 10.6 Å². The number of ether oxygens (including phenoxy) is 1. The smallest absolute Gasteiger partial charge is 0.234 e. The van der Waals surface area contributed by atoms with Crippen molar-refractivity contribution in [1.29, 1.82) is 5.26 Å². The molecular weight excluding hydrogens is 206 g/mol. The lowest BCUT2D eigenvalue weighted by atomic mass is 9.82. The molecule has 2 N–H and O–H groups in total. The highest BCUT2D eigenvalue weighted by molar-refractivity contribution is 5.78. The third-order valence-corrected chi connectivity index (χ3v) is 2.90. The molecule has 1 fully saturated rings. The van der Waals surface area contributed by atoms with Gasteiger partial charge in [-0.1, -0.05) is 6.92 Å². The number of carbonyl (C=O) groups excluding carboxylic acids is 1. The van der Waals surface area contributed by atoms with Gasteiger partial charge >= 0.3 is 0 Å². The molecule has 1 heterocycles. The zero-order chi connectivity index (χ0) is 11.9. The predicted molar refractivity (Wildman–Crippen MR) is 59.7 cm³/mol. The van der Waals surface area contributed by atoms with E-state index < -0.39 is 0 Å². The number of nitrogens with zero attached hydrogens (tertiary/aromatic N) is 1. The van der Waals surface area contributed by atoms with Crippen LogP contribution in [0.5, 0.6) is 0 Å². The molecule has 1 aliphatic rings. The van der Waals surface area contributed by atoms with E-state index in [1.165, 1.54) is 0 Å². The van der Waals surface area contributed by atoms with Gasteiger partial charge in [-0.05, 0) is 18.3 Å². The van der Waals surface area contributed by atoms with Crippen LogP contribution in [0.15, 0.2) is 0 Å². The highest BCUT2D eigenvalue weighted by atomic mass is 16.5. The maximum atomic E-state index is 11.2. The van der Waals surface area contributed by atoms with E-state index in [0.717, 1.165) is 32.6 Å². The summed E-state index contributed by atoms with van der Waals surface area (Å²) in [5, 5.41) is 13.9. The molecule has 1 rings (SSSR count). The molecule has 0 aromatic heterocycles. The molecule has 0 aromatic carbocycles. The lowest BCUT2D eigenvalue weighted by molar-refractivity contribution is -0.120. The zero-order valence-corrected chi connectivity index (χ0v) is 9.71. The number of carbonyl (C=O) groups is 1. The lowest BCUT2D eigenvalue weighted by Crippen LogP contribution is -2.41. The number of hydrogen-bond donors (Lipinski definition) is 2.